The number of carbonyl (C=O) groups is 1. The zero-order valence-corrected chi connectivity index (χ0v) is 20.7. The van der Waals surface area contributed by atoms with E-state index < -0.39 is 68.8 Å². The fourth-order valence-electron chi connectivity index (χ4n) is 4.71. The first-order valence-electron chi connectivity index (χ1n) is 12.4. The van der Waals surface area contributed by atoms with Crippen molar-refractivity contribution in [3.63, 3.8) is 0 Å². The third kappa shape index (κ3) is 4.56. The van der Waals surface area contributed by atoms with Gasteiger partial charge in [0.15, 0.2) is 11.6 Å². The summed E-state index contributed by atoms with van der Waals surface area (Å²) in [6.45, 7) is 3.69. The molecule has 0 aliphatic heterocycles. The molecule has 9 heteroatoms. The Morgan fingerprint density at radius 2 is 1.39 bits per heavy atom. The molecule has 0 unspecified atom stereocenters. The zero-order chi connectivity index (χ0) is 27.8. The zero-order valence-electron chi connectivity index (χ0n) is 20.7. The first kappa shape index (κ1) is 27.7. The smallest absolute Gasteiger partial charge is 0.346 e. The third-order valence-corrected chi connectivity index (χ3v) is 6.68. The van der Waals surface area contributed by atoms with E-state index in [9.17, 15) is 13.6 Å². The predicted molar refractivity (Wildman–Crippen MR) is 128 cm³/mol. The summed E-state index contributed by atoms with van der Waals surface area (Å²) < 4.78 is 110. The largest absolute Gasteiger partial charge is 0.420 e. The van der Waals surface area contributed by atoms with Crippen LogP contribution >= 0.6 is 0 Å². The van der Waals surface area contributed by atoms with Gasteiger partial charge in [-0.1, -0.05) is 57.4 Å². The van der Waals surface area contributed by atoms with Gasteiger partial charge in [-0.3, -0.25) is 0 Å². The van der Waals surface area contributed by atoms with E-state index in [-0.39, 0.29) is 12.0 Å². The second-order valence-corrected chi connectivity index (χ2v) is 9.32. The lowest BCUT2D eigenvalue weighted by Crippen LogP contribution is -2.41. The molecular formula is C29H25F7O2. The van der Waals surface area contributed by atoms with Gasteiger partial charge in [0.25, 0.3) is 0 Å². The van der Waals surface area contributed by atoms with Crippen LogP contribution in [0, 0.1) is 17.5 Å². The molecule has 2 nitrogen and oxygen atoms in total. The van der Waals surface area contributed by atoms with Gasteiger partial charge < -0.3 is 4.74 Å². The number of esters is 1. The molecule has 1 aliphatic carbocycles. The molecule has 0 bridgehead atoms. The number of aryl methyl sites for hydroxylation is 2. The second kappa shape index (κ2) is 10.4. The maximum atomic E-state index is 15.4. The number of unbranched alkanes of at least 4 members (excludes halogenated alkanes) is 2. The lowest BCUT2D eigenvalue weighted by Gasteiger charge is -2.35. The summed E-state index contributed by atoms with van der Waals surface area (Å²) in [4.78, 5) is 12.6. The molecule has 3 aromatic carbocycles. The summed E-state index contributed by atoms with van der Waals surface area (Å²) in [5.74, 6) is -16.7. The Labute approximate surface area is 215 Å². The summed E-state index contributed by atoms with van der Waals surface area (Å²) >= 11 is 0. The van der Waals surface area contributed by atoms with E-state index in [0.29, 0.717) is 18.4 Å². The van der Waals surface area contributed by atoms with E-state index in [2.05, 4.69) is 0 Å². The Balaban J connectivity index is 1.73. The van der Waals surface area contributed by atoms with Crippen LogP contribution in [0.5, 0.6) is 5.75 Å². The van der Waals surface area contributed by atoms with E-state index in [0.717, 1.165) is 49.6 Å². The predicted octanol–water partition coefficient (Wildman–Crippen LogP) is 8.87. The topological polar surface area (TPSA) is 26.3 Å². The molecule has 1 aliphatic rings. The third-order valence-electron chi connectivity index (χ3n) is 6.68. The van der Waals surface area contributed by atoms with Crippen molar-refractivity contribution in [1.82, 2.24) is 0 Å². The van der Waals surface area contributed by atoms with Crippen LogP contribution in [0.1, 0.15) is 72.1 Å². The fourth-order valence-corrected chi connectivity index (χ4v) is 4.71. The Morgan fingerprint density at radius 3 is 2.00 bits per heavy atom. The quantitative estimate of drug-likeness (QED) is 0.124. The lowest BCUT2D eigenvalue weighted by molar-refractivity contribution is -0.227. The van der Waals surface area contributed by atoms with Crippen LogP contribution in [0.3, 0.4) is 0 Å². The molecular weight excluding hydrogens is 513 g/mol. The van der Waals surface area contributed by atoms with E-state index in [4.69, 9.17) is 4.74 Å². The molecule has 38 heavy (non-hydrogen) atoms. The number of hydrogen-bond donors (Lipinski definition) is 0. The second-order valence-electron chi connectivity index (χ2n) is 9.32. The number of fused-ring (bicyclic) bond motifs is 3. The molecule has 0 spiro atoms. The normalized spacial score (nSPS) is 15.1. The van der Waals surface area contributed by atoms with Gasteiger partial charge in [0.1, 0.15) is 11.6 Å². The van der Waals surface area contributed by atoms with E-state index in [1.165, 1.54) is 12.1 Å². The molecule has 0 aromatic heterocycles. The summed E-state index contributed by atoms with van der Waals surface area (Å²) in [7, 11) is 0. The number of ether oxygens (including phenoxy) is 1. The number of benzene rings is 3. The molecule has 0 amide bonds. The van der Waals surface area contributed by atoms with Crippen molar-refractivity contribution in [3.8, 4) is 16.9 Å². The maximum Gasteiger partial charge on any atom is 0.346 e. The van der Waals surface area contributed by atoms with Crippen molar-refractivity contribution >= 4 is 5.97 Å². The van der Waals surface area contributed by atoms with Crippen LogP contribution in [-0.4, -0.2) is 5.97 Å². The summed E-state index contributed by atoms with van der Waals surface area (Å²) in [5, 5.41) is 0. The molecule has 4 rings (SSSR count). The average molecular weight is 539 g/mol. The molecule has 0 heterocycles. The highest BCUT2D eigenvalue weighted by molar-refractivity contribution is 5.93. The monoisotopic (exact) mass is 538 g/mol. The highest BCUT2D eigenvalue weighted by Crippen LogP contribution is 2.59. The number of alkyl halides is 4. The molecule has 0 N–H and O–H groups in total. The highest BCUT2D eigenvalue weighted by Gasteiger charge is 2.65. The Kier molecular flexibility index (Phi) is 7.59. The van der Waals surface area contributed by atoms with E-state index in [1.807, 2.05) is 6.92 Å². The molecule has 0 radical (unpaired) electrons. The van der Waals surface area contributed by atoms with Gasteiger partial charge in [0.2, 0.25) is 0 Å². The first-order valence-corrected chi connectivity index (χ1v) is 12.4. The van der Waals surface area contributed by atoms with Crippen LogP contribution < -0.4 is 4.74 Å². The molecule has 0 saturated carbocycles. The van der Waals surface area contributed by atoms with Gasteiger partial charge in [-0.05, 0) is 59.7 Å². The number of hydrogen-bond acceptors (Lipinski definition) is 2. The van der Waals surface area contributed by atoms with E-state index >= 15 is 22.0 Å². The molecule has 0 atom stereocenters. The van der Waals surface area contributed by atoms with Crippen LogP contribution in [0.4, 0.5) is 30.7 Å². The SMILES string of the molecule is CCCCCc1ccc(OC(=O)c2ccc3c(c2F)C(F)(F)C(F)(F)c2c-3ccc(CCC)c2F)c(F)c1. The summed E-state index contributed by atoms with van der Waals surface area (Å²) in [5.41, 5.74) is -5.14. The van der Waals surface area contributed by atoms with Crippen molar-refractivity contribution in [2.45, 2.75) is 64.2 Å². The maximum absolute atomic E-state index is 15.4. The van der Waals surface area contributed by atoms with Crippen molar-refractivity contribution in [2.75, 3.05) is 0 Å². The van der Waals surface area contributed by atoms with Crippen molar-refractivity contribution < 1.29 is 40.3 Å². The molecule has 0 saturated heterocycles. The van der Waals surface area contributed by atoms with Gasteiger partial charge in [0, 0.05) is 0 Å². The minimum absolute atomic E-state index is 0.0447. The minimum atomic E-state index is -5.19. The van der Waals surface area contributed by atoms with Crippen LogP contribution in [0.2, 0.25) is 0 Å². The Hall–Kier alpha value is -3.36. The first-order chi connectivity index (χ1) is 17.9. The van der Waals surface area contributed by atoms with Crippen LogP contribution in [0.15, 0.2) is 42.5 Å². The van der Waals surface area contributed by atoms with Crippen LogP contribution in [-0.2, 0) is 24.7 Å². The van der Waals surface area contributed by atoms with Crippen molar-refractivity contribution in [3.05, 3.63) is 87.7 Å². The highest BCUT2D eigenvalue weighted by atomic mass is 19.3. The molecule has 0 fully saturated rings. The van der Waals surface area contributed by atoms with Crippen molar-refractivity contribution in [2.24, 2.45) is 0 Å². The Morgan fingerprint density at radius 1 is 0.763 bits per heavy atom. The summed E-state index contributed by atoms with van der Waals surface area (Å²) in [6.07, 6.45) is 3.75. The van der Waals surface area contributed by atoms with E-state index in [1.54, 1.807) is 6.92 Å². The number of carbonyl (C=O) groups excluding carboxylic acids is 1. The fraction of sp³-hybridized carbons (Fsp3) is 0.345. The van der Waals surface area contributed by atoms with Gasteiger partial charge in [-0.2, -0.15) is 17.6 Å². The van der Waals surface area contributed by atoms with Gasteiger partial charge in [-0.25, -0.2) is 18.0 Å². The van der Waals surface area contributed by atoms with Gasteiger partial charge in [0.05, 0.1) is 16.7 Å². The van der Waals surface area contributed by atoms with Crippen molar-refractivity contribution in [1.29, 1.82) is 0 Å². The lowest BCUT2D eigenvalue weighted by atomic mass is 9.78. The average Bonchev–Trinajstić information content (AvgIpc) is 2.85. The number of rotatable bonds is 8. The van der Waals surface area contributed by atoms with Crippen LogP contribution in [0.25, 0.3) is 11.1 Å². The van der Waals surface area contributed by atoms with Gasteiger partial charge in [-0.15, -0.1) is 0 Å². The standard InChI is InChI=1S/C29H25F7O2/c1-3-5-6-8-16-9-14-22(21(30)15-16)38-27(37)20-13-12-19-18-11-10-17(7-4-2)25(31)23(18)28(33,34)29(35,36)24(19)26(20)32/h9-15H,3-8H2,1-2H3. The summed E-state index contributed by atoms with van der Waals surface area (Å²) in [6, 6.07) is 7.65. The van der Waals surface area contributed by atoms with Gasteiger partial charge >= 0.3 is 17.8 Å². The Bertz CT molecular complexity index is 1380. The molecule has 3 aromatic rings. The number of halogens is 7. The minimum Gasteiger partial charge on any atom is -0.420 e. The molecule has 202 valence electrons.